The Morgan fingerprint density at radius 1 is 1.26 bits per heavy atom. The second-order valence-corrected chi connectivity index (χ2v) is 7.33. The van der Waals surface area contributed by atoms with Gasteiger partial charge in [-0.1, -0.05) is 13.8 Å². The number of hydrogen-bond donors (Lipinski definition) is 1. The first kappa shape index (κ1) is 16.6. The second-order valence-electron chi connectivity index (χ2n) is 6.22. The SMILES string of the molecule is CCOC(C)c1nc(C(C)C)c(CNC(C)(C)C)s1. The summed E-state index contributed by atoms with van der Waals surface area (Å²) in [4.78, 5) is 6.12. The van der Waals surface area contributed by atoms with E-state index in [0.29, 0.717) is 5.92 Å². The van der Waals surface area contributed by atoms with Gasteiger partial charge in [-0.15, -0.1) is 11.3 Å². The van der Waals surface area contributed by atoms with Crippen molar-refractivity contribution in [1.82, 2.24) is 10.3 Å². The summed E-state index contributed by atoms with van der Waals surface area (Å²) in [5.41, 5.74) is 1.34. The quantitative estimate of drug-likeness (QED) is 0.848. The molecule has 1 heterocycles. The van der Waals surface area contributed by atoms with Crippen molar-refractivity contribution in [3.8, 4) is 0 Å². The monoisotopic (exact) mass is 284 g/mol. The number of hydrogen-bond acceptors (Lipinski definition) is 4. The van der Waals surface area contributed by atoms with Gasteiger partial charge in [0.2, 0.25) is 0 Å². The number of rotatable bonds is 6. The van der Waals surface area contributed by atoms with E-state index in [-0.39, 0.29) is 11.6 Å². The number of thiazole rings is 1. The van der Waals surface area contributed by atoms with Crippen LogP contribution in [0.5, 0.6) is 0 Å². The fourth-order valence-electron chi connectivity index (χ4n) is 1.80. The molecule has 0 aromatic carbocycles. The molecular weight excluding hydrogens is 256 g/mol. The van der Waals surface area contributed by atoms with Gasteiger partial charge in [-0.05, 0) is 40.5 Å². The van der Waals surface area contributed by atoms with Crippen LogP contribution in [0.25, 0.3) is 0 Å². The van der Waals surface area contributed by atoms with Crippen molar-refractivity contribution in [3.05, 3.63) is 15.6 Å². The maximum absolute atomic E-state index is 5.65. The van der Waals surface area contributed by atoms with Crippen molar-refractivity contribution in [2.75, 3.05) is 6.61 Å². The summed E-state index contributed by atoms with van der Waals surface area (Å²) < 4.78 is 5.65. The van der Waals surface area contributed by atoms with Crippen LogP contribution in [0.3, 0.4) is 0 Å². The summed E-state index contributed by atoms with van der Waals surface area (Å²) in [5, 5.41) is 4.64. The van der Waals surface area contributed by atoms with E-state index in [1.165, 1.54) is 10.6 Å². The zero-order chi connectivity index (χ0) is 14.6. The van der Waals surface area contributed by atoms with Crippen LogP contribution in [-0.4, -0.2) is 17.1 Å². The largest absolute Gasteiger partial charge is 0.372 e. The van der Waals surface area contributed by atoms with Crippen LogP contribution in [0.15, 0.2) is 0 Å². The van der Waals surface area contributed by atoms with Gasteiger partial charge in [-0.2, -0.15) is 0 Å². The van der Waals surface area contributed by atoms with Gasteiger partial charge in [0, 0.05) is 23.6 Å². The molecule has 0 aliphatic rings. The van der Waals surface area contributed by atoms with Gasteiger partial charge in [-0.3, -0.25) is 0 Å². The van der Waals surface area contributed by atoms with E-state index < -0.39 is 0 Å². The van der Waals surface area contributed by atoms with E-state index in [1.807, 2.05) is 6.92 Å². The molecule has 4 heteroatoms. The zero-order valence-electron chi connectivity index (χ0n) is 13.3. The van der Waals surface area contributed by atoms with Gasteiger partial charge in [0.25, 0.3) is 0 Å². The molecule has 1 rings (SSSR count). The van der Waals surface area contributed by atoms with Crippen molar-refractivity contribution in [3.63, 3.8) is 0 Å². The van der Waals surface area contributed by atoms with Gasteiger partial charge in [-0.25, -0.2) is 4.98 Å². The molecule has 0 radical (unpaired) electrons. The Kier molecular flexibility index (Phi) is 5.96. The lowest BCUT2D eigenvalue weighted by molar-refractivity contribution is 0.0761. The molecule has 0 aliphatic carbocycles. The Bertz CT molecular complexity index is 393. The van der Waals surface area contributed by atoms with Gasteiger partial charge in [0.05, 0.1) is 5.69 Å². The first-order valence-corrected chi connectivity index (χ1v) is 7.92. The molecule has 0 spiro atoms. The van der Waals surface area contributed by atoms with E-state index in [9.17, 15) is 0 Å². The number of nitrogens with zero attached hydrogens (tertiary/aromatic N) is 1. The number of ether oxygens (including phenoxy) is 1. The molecule has 110 valence electrons. The molecule has 1 aromatic heterocycles. The average molecular weight is 284 g/mol. The van der Waals surface area contributed by atoms with Crippen molar-refractivity contribution in [2.24, 2.45) is 0 Å². The third kappa shape index (κ3) is 5.21. The minimum Gasteiger partial charge on any atom is -0.372 e. The lowest BCUT2D eigenvalue weighted by Gasteiger charge is -2.20. The van der Waals surface area contributed by atoms with Gasteiger partial charge in [0.1, 0.15) is 11.1 Å². The van der Waals surface area contributed by atoms with E-state index in [1.54, 1.807) is 11.3 Å². The maximum atomic E-state index is 5.65. The highest BCUT2D eigenvalue weighted by Gasteiger charge is 2.19. The van der Waals surface area contributed by atoms with Crippen LogP contribution in [0.1, 0.15) is 76.1 Å². The predicted molar refractivity (Wildman–Crippen MR) is 82.8 cm³/mol. The third-order valence-corrected chi connectivity index (χ3v) is 4.07. The summed E-state index contributed by atoms with van der Waals surface area (Å²) >= 11 is 1.78. The van der Waals surface area contributed by atoms with Crippen molar-refractivity contribution in [2.45, 2.75) is 72.6 Å². The van der Waals surface area contributed by atoms with Crippen LogP contribution in [0.2, 0.25) is 0 Å². The van der Waals surface area contributed by atoms with Crippen LogP contribution < -0.4 is 5.32 Å². The molecule has 0 fully saturated rings. The smallest absolute Gasteiger partial charge is 0.122 e. The summed E-state index contributed by atoms with van der Waals surface area (Å²) in [7, 11) is 0. The van der Waals surface area contributed by atoms with E-state index in [2.05, 4.69) is 46.9 Å². The molecule has 0 amide bonds. The molecular formula is C15H28N2OS. The highest BCUT2D eigenvalue weighted by atomic mass is 32.1. The number of nitrogens with one attached hydrogen (secondary N) is 1. The summed E-state index contributed by atoms with van der Waals surface area (Å²) in [6.45, 7) is 16.7. The molecule has 0 saturated carbocycles. The second kappa shape index (κ2) is 6.82. The van der Waals surface area contributed by atoms with Crippen molar-refractivity contribution in [1.29, 1.82) is 0 Å². The fraction of sp³-hybridized carbons (Fsp3) is 0.800. The van der Waals surface area contributed by atoms with Crippen molar-refractivity contribution < 1.29 is 4.74 Å². The molecule has 1 aromatic rings. The highest BCUT2D eigenvalue weighted by Crippen LogP contribution is 2.30. The van der Waals surface area contributed by atoms with Crippen LogP contribution in [0.4, 0.5) is 0 Å². The number of aromatic nitrogens is 1. The highest BCUT2D eigenvalue weighted by molar-refractivity contribution is 7.11. The molecule has 19 heavy (non-hydrogen) atoms. The summed E-state index contributed by atoms with van der Waals surface area (Å²) in [5.74, 6) is 0.454. The summed E-state index contributed by atoms with van der Waals surface area (Å²) in [6, 6.07) is 0. The minimum absolute atomic E-state index is 0.0934. The zero-order valence-corrected chi connectivity index (χ0v) is 14.1. The van der Waals surface area contributed by atoms with E-state index in [4.69, 9.17) is 9.72 Å². The maximum Gasteiger partial charge on any atom is 0.122 e. The third-order valence-electron chi connectivity index (χ3n) is 2.83. The Morgan fingerprint density at radius 3 is 2.37 bits per heavy atom. The Balaban J connectivity index is 2.89. The molecule has 1 atom stereocenters. The normalized spacial score (nSPS) is 14.1. The molecule has 0 bridgehead atoms. The first-order chi connectivity index (χ1) is 8.74. The molecule has 3 nitrogen and oxygen atoms in total. The summed E-state index contributed by atoms with van der Waals surface area (Å²) in [6.07, 6.45) is 0.0934. The molecule has 1 unspecified atom stereocenters. The molecule has 0 saturated heterocycles. The van der Waals surface area contributed by atoms with Gasteiger partial charge >= 0.3 is 0 Å². The van der Waals surface area contributed by atoms with Crippen LogP contribution in [-0.2, 0) is 11.3 Å². The van der Waals surface area contributed by atoms with Gasteiger partial charge in [0.15, 0.2) is 0 Å². The first-order valence-electron chi connectivity index (χ1n) is 7.10. The Morgan fingerprint density at radius 2 is 1.89 bits per heavy atom. The van der Waals surface area contributed by atoms with Crippen molar-refractivity contribution >= 4 is 11.3 Å². The van der Waals surface area contributed by atoms with E-state index in [0.717, 1.165) is 18.2 Å². The minimum atomic E-state index is 0.0934. The predicted octanol–water partition coefficient (Wildman–Crippen LogP) is 4.25. The fourth-order valence-corrected chi connectivity index (χ4v) is 2.96. The average Bonchev–Trinajstić information content (AvgIpc) is 2.70. The topological polar surface area (TPSA) is 34.1 Å². The van der Waals surface area contributed by atoms with Crippen LogP contribution >= 0.6 is 11.3 Å². The Hall–Kier alpha value is -0.450. The molecule has 0 aliphatic heterocycles. The van der Waals surface area contributed by atoms with Gasteiger partial charge < -0.3 is 10.1 Å². The lowest BCUT2D eigenvalue weighted by atomic mass is 10.1. The standard InChI is InChI=1S/C15H28N2OS/c1-8-18-11(4)14-17-13(10(2)3)12(19-14)9-16-15(5,6)7/h10-11,16H,8-9H2,1-7H3. The van der Waals surface area contributed by atoms with Crippen LogP contribution in [0, 0.1) is 0 Å². The lowest BCUT2D eigenvalue weighted by Crippen LogP contribution is -2.35. The molecule has 1 N–H and O–H groups in total. The Labute approximate surface area is 121 Å². The van der Waals surface area contributed by atoms with E-state index >= 15 is 0 Å².